The summed E-state index contributed by atoms with van der Waals surface area (Å²) in [6.07, 6.45) is 0.157. The number of nitro groups is 1. The molecule has 0 aliphatic rings. The molecule has 22 heavy (non-hydrogen) atoms. The fourth-order valence-corrected chi connectivity index (χ4v) is 2.12. The SMILES string of the molecule is COc1ccccc1CC(=O)NCc1ccccc1[N+](=O)[O-]. The first-order valence-electron chi connectivity index (χ1n) is 6.72. The third-order valence-corrected chi connectivity index (χ3v) is 3.21. The first-order chi connectivity index (χ1) is 10.6. The number of hydrogen-bond donors (Lipinski definition) is 1. The van der Waals surface area contributed by atoms with Crippen LogP contribution >= 0.6 is 0 Å². The highest BCUT2D eigenvalue weighted by Gasteiger charge is 2.13. The number of nitrogens with zero attached hydrogens (tertiary/aromatic N) is 1. The standard InChI is InChI=1S/C16H16N2O4/c1-22-15-9-5-3-6-12(15)10-16(19)17-11-13-7-2-4-8-14(13)18(20)21/h2-9H,10-11H2,1H3,(H,17,19). The molecule has 2 aromatic rings. The zero-order valence-electron chi connectivity index (χ0n) is 12.1. The predicted molar refractivity (Wildman–Crippen MR) is 81.6 cm³/mol. The summed E-state index contributed by atoms with van der Waals surface area (Å²) in [5.41, 5.74) is 1.24. The second-order valence-corrected chi connectivity index (χ2v) is 4.65. The summed E-state index contributed by atoms with van der Waals surface area (Å²) >= 11 is 0. The van der Waals surface area contributed by atoms with Crippen LogP contribution in [-0.2, 0) is 17.8 Å². The van der Waals surface area contributed by atoms with Crippen molar-refractivity contribution >= 4 is 11.6 Å². The van der Waals surface area contributed by atoms with Crippen LogP contribution in [0.15, 0.2) is 48.5 Å². The van der Waals surface area contributed by atoms with Crippen LogP contribution in [0, 0.1) is 10.1 Å². The summed E-state index contributed by atoms with van der Waals surface area (Å²) in [4.78, 5) is 22.5. The lowest BCUT2D eigenvalue weighted by Crippen LogP contribution is -2.25. The van der Waals surface area contributed by atoms with Crippen LogP contribution in [0.3, 0.4) is 0 Å². The minimum atomic E-state index is -0.457. The van der Waals surface area contributed by atoms with Crippen molar-refractivity contribution in [3.8, 4) is 5.75 Å². The van der Waals surface area contributed by atoms with Crippen LogP contribution in [0.25, 0.3) is 0 Å². The molecule has 0 unspecified atom stereocenters. The zero-order chi connectivity index (χ0) is 15.9. The molecule has 0 spiro atoms. The second-order valence-electron chi connectivity index (χ2n) is 4.65. The molecule has 0 heterocycles. The Morgan fingerprint density at radius 3 is 2.45 bits per heavy atom. The maximum Gasteiger partial charge on any atom is 0.274 e. The molecule has 6 heteroatoms. The molecule has 0 bridgehead atoms. The van der Waals surface area contributed by atoms with Gasteiger partial charge in [0.2, 0.25) is 5.91 Å². The van der Waals surface area contributed by atoms with Gasteiger partial charge in [-0.1, -0.05) is 36.4 Å². The van der Waals surface area contributed by atoms with Crippen LogP contribution in [0.5, 0.6) is 5.75 Å². The van der Waals surface area contributed by atoms with Crippen molar-refractivity contribution in [2.24, 2.45) is 0 Å². The second kappa shape index (κ2) is 7.21. The molecule has 6 nitrogen and oxygen atoms in total. The van der Waals surface area contributed by atoms with E-state index in [2.05, 4.69) is 5.32 Å². The molecule has 0 saturated heterocycles. The van der Waals surface area contributed by atoms with Crippen molar-refractivity contribution in [1.29, 1.82) is 0 Å². The van der Waals surface area contributed by atoms with Crippen LogP contribution in [-0.4, -0.2) is 17.9 Å². The number of carbonyl (C=O) groups excluding carboxylic acids is 1. The number of carbonyl (C=O) groups is 1. The van der Waals surface area contributed by atoms with Gasteiger partial charge < -0.3 is 10.1 Å². The van der Waals surface area contributed by atoms with Crippen LogP contribution in [0.4, 0.5) is 5.69 Å². The maximum absolute atomic E-state index is 12.0. The number of amides is 1. The molecule has 2 aromatic carbocycles. The van der Waals surface area contributed by atoms with Gasteiger partial charge in [0.25, 0.3) is 5.69 Å². The van der Waals surface area contributed by atoms with E-state index in [9.17, 15) is 14.9 Å². The van der Waals surface area contributed by atoms with Crippen LogP contribution < -0.4 is 10.1 Å². The van der Waals surface area contributed by atoms with E-state index < -0.39 is 4.92 Å². The van der Waals surface area contributed by atoms with Crippen molar-refractivity contribution in [3.63, 3.8) is 0 Å². The molecule has 0 atom stereocenters. The van der Waals surface area contributed by atoms with Crippen LogP contribution in [0.1, 0.15) is 11.1 Å². The lowest BCUT2D eigenvalue weighted by atomic mass is 10.1. The third kappa shape index (κ3) is 3.82. The van der Waals surface area contributed by atoms with Crippen molar-refractivity contribution in [2.75, 3.05) is 7.11 Å². The summed E-state index contributed by atoms with van der Waals surface area (Å²) in [5, 5.41) is 13.6. The van der Waals surface area contributed by atoms with Gasteiger partial charge >= 0.3 is 0 Å². The monoisotopic (exact) mass is 300 g/mol. The first kappa shape index (κ1) is 15.5. The van der Waals surface area contributed by atoms with E-state index >= 15 is 0 Å². The van der Waals surface area contributed by atoms with Gasteiger partial charge in [0.05, 0.1) is 18.5 Å². The molecule has 1 N–H and O–H groups in total. The van der Waals surface area contributed by atoms with Gasteiger partial charge in [0.1, 0.15) is 5.75 Å². The Hall–Kier alpha value is -2.89. The van der Waals surface area contributed by atoms with E-state index in [0.29, 0.717) is 11.3 Å². The molecular weight excluding hydrogens is 284 g/mol. The zero-order valence-corrected chi connectivity index (χ0v) is 12.1. The number of benzene rings is 2. The molecule has 114 valence electrons. The normalized spacial score (nSPS) is 10.0. The van der Waals surface area contributed by atoms with Gasteiger partial charge in [-0.05, 0) is 6.07 Å². The lowest BCUT2D eigenvalue weighted by Gasteiger charge is -2.09. The summed E-state index contributed by atoms with van der Waals surface area (Å²) in [5.74, 6) is 0.422. The highest BCUT2D eigenvalue weighted by atomic mass is 16.6. The topological polar surface area (TPSA) is 81.5 Å². The summed E-state index contributed by atoms with van der Waals surface area (Å²) < 4.78 is 5.19. The molecule has 0 aliphatic carbocycles. The lowest BCUT2D eigenvalue weighted by molar-refractivity contribution is -0.385. The minimum Gasteiger partial charge on any atom is -0.496 e. The Kier molecular flexibility index (Phi) is 5.08. The van der Waals surface area contributed by atoms with Crippen molar-refractivity contribution in [2.45, 2.75) is 13.0 Å². The van der Waals surface area contributed by atoms with E-state index in [1.54, 1.807) is 31.4 Å². The van der Waals surface area contributed by atoms with E-state index in [4.69, 9.17) is 4.74 Å². The van der Waals surface area contributed by atoms with E-state index in [1.165, 1.54) is 6.07 Å². The van der Waals surface area contributed by atoms with E-state index in [1.807, 2.05) is 18.2 Å². The first-order valence-corrected chi connectivity index (χ1v) is 6.72. The van der Waals surface area contributed by atoms with E-state index in [0.717, 1.165) is 5.56 Å². The van der Waals surface area contributed by atoms with Gasteiger partial charge in [-0.25, -0.2) is 0 Å². The average Bonchev–Trinajstić information content (AvgIpc) is 2.53. The number of para-hydroxylation sites is 2. The van der Waals surface area contributed by atoms with Gasteiger partial charge in [0, 0.05) is 23.7 Å². The Morgan fingerprint density at radius 1 is 1.14 bits per heavy atom. The van der Waals surface area contributed by atoms with Gasteiger partial charge in [0.15, 0.2) is 0 Å². The fourth-order valence-electron chi connectivity index (χ4n) is 2.12. The number of rotatable bonds is 6. The van der Waals surface area contributed by atoms with Crippen LogP contribution in [0.2, 0.25) is 0 Å². The Balaban J connectivity index is 2.00. The van der Waals surface area contributed by atoms with E-state index in [-0.39, 0.29) is 24.6 Å². The highest BCUT2D eigenvalue weighted by molar-refractivity contribution is 5.79. The predicted octanol–water partition coefficient (Wildman–Crippen LogP) is 2.46. The number of methoxy groups -OCH3 is 1. The molecule has 2 rings (SSSR count). The van der Waals surface area contributed by atoms with Crippen molar-refractivity contribution in [1.82, 2.24) is 5.32 Å². The molecule has 0 fully saturated rings. The summed E-state index contributed by atoms with van der Waals surface area (Å²) in [6.45, 7) is 0.116. The molecular formula is C16H16N2O4. The van der Waals surface area contributed by atoms with Gasteiger partial charge in [-0.2, -0.15) is 0 Å². The highest BCUT2D eigenvalue weighted by Crippen LogP contribution is 2.19. The molecule has 1 amide bonds. The smallest absolute Gasteiger partial charge is 0.274 e. The molecule has 0 aliphatic heterocycles. The summed E-state index contributed by atoms with van der Waals surface area (Å²) in [6, 6.07) is 13.6. The molecule has 0 radical (unpaired) electrons. The number of nitro benzene ring substituents is 1. The minimum absolute atomic E-state index is 0.0000849. The number of hydrogen-bond acceptors (Lipinski definition) is 4. The Bertz CT molecular complexity index is 685. The van der Waals surface area contributed by atoms with Gasteiger partial charge in [-0.15, -0.1) is 0 Å². The number of ether oxygens (including phenoxy) is 1. The average molecular weight is 300 g/mol. The van der Waals surface area contributed by atoms with Gasteiger partial charge in [-0.3, -0.25) is 14.9 Å². The molecule has 0 saturated carbocycles. The third-order valence-electron chi connectivity index (χ3n) is 3.21. The largest absolute Gasteiger partial charge is 0.496 e. The molecule has 0 aromatic heterocycles. The summed E-state index contributed by atoms with van der Waals surface area (Å²) in [7, 11) is 1.55. The Labute approximate surface area is 127 Å². The fraction of sp³-hybridized carbons (Fsp3) is 0.188. The van der Waals surface area contributed by atoms with Crippen molar-refractivity contribution in [3.05, 3.63) is 69.8 Å². The Morgan fingerprint density at radius 2 is 1.77 bits per heavy atom. The maximum atomic E-state index is 12.0. The van der Waals surface area contributed by atoms with Crippen molar-refractivity contribution < 1.29 is 14.5 Å². The number of nitrogens with one attached hydrogen (secondary N) is 1. The quantitative estimate of drug-likeness (QED) is 0.656.